The average molecular weight is 147 g/mol. The number of hydrogen-bond acceptors (Lipinski definition) is 1. The van der Waals surface area contributed by atoms with Gasteiger partial charge in [0.15, 0.2) is 0 Å². The van der Waals surface area contributed by atoms with E-state index in [0.717, 1.165) is 0 Å². The van der Waals surface area contributed by atoms with E-state index < -0.39 is 11.7 Å². The van der Waals surface area contributed by atoms with Crippen molar-refractivity contribution in [2.24, 2.45) is 4.99 Å². The standard InChI is InChI=1S/C6H4F3N/c7-6(8,9)5-2-1-3-10-4-5/h1,3H,2H2. The molecule has 0 radical (unpaired) electrons. The van der Waals surface area contributed by atoms with Crippen molar-refractivity contribution in [3.05, 3.63) is 17.8 Å². The monoisotopic (exact) mass is 147 g/mol. The van der Waals surface area contributed by atoms with E-state index in [1.54, 1.807) is 0 Å². The van der Waals surface area contributed by atoms with Gasteiger partial charge in [0.05, 0.1) is 5.57 Å². The summed E-state index contributed by atoms with van der Waals surface area (Å²) in [6, 6.07) is 0. The minimum atomic E-state index is -4.27. The van der Waals surface area contributed by atoms with Gasteiger partial charge in [-0.25, -0.2) is 4.99 Å². The predicted octanol–water partition coefficient (Wildman–Crippen LogP) is 2.06. The third-order valence-corrected chi connectivity index (χ3v) is 1.04. The van der Waals surface area contributed by atoms with E-state index in [1.165, 1.54) is 12.3 Å². The van der Waals surface area contributed by atoms with E-state index >= 15 is 0 Å². The molecule has 0 atom stereocenters. The van der Waals surface area contributed by atoms with Gasteiger partial charge >= 0.3 is 6.18 Å². The van der Waals surface area contributed by atoms with Gasteiger partial charge in [0.1, 0.15) is 0 Å². The lowest BCUT2D eigenvalue weighted by atomic mass is 10.2. The fraction of sp³-hybridized carbons (Fsp3) is 0.333. The molecule has 4 heteroatoms. The number of nitrogens with zero attached hydrogens (tertiary/aromatic N) is 1. The van der Waals surface area contributed by atoms with Crippen molar-refractivity contribution in [1.29, 1.82) is 0 Å². The predicted molar refractivity (Wildman–Crippen MR) is 30.8 cm³/mol. The first-order chi connectivity index (χ1) is 4.61. The van der Waals surface area contributed by atoms with Gasteiger partial charge in [-0.3, -0.25) is 0 Å². The average Bonchev–Trinajstić information content (AvgIpc) is 1.88. The molecule has 0 aliphatic carbocycles. The number of alkyl halides is 3. The molecule has 0 bridgehead atoms. The Labute approximate surface area is 55.6 Å². The molecule has 0 saturated carbocycles. The Morgan fingerprint density at radius 1 is 1.50 bits per heavy atom. The van der Waals surface area contributed by atoms with Gasteiger partial charge in [-0.05, 0) is 5.87 Å². The zero-order valence-electron chi connectivity index (χ0n) is 4.94. The summed E-state index contributed by atoms with van der Waals surface area (Å²) in [4.78, 5) is 3.24. The van der Waals surface area contributed by atoms with Crippen LogP contribution in [0.3, 0.4) is 0 Å². The Kier molecular flexibility index (Phi) is 1.64. The van der Waals surface area contributed by atoms with E-state index in [1.807, 2.05) is 5.87 Å². The van der Waals surface area contributed by atoms with Crippen LogP contribution in [0.25, 0.3) is 0 Å². The van der Waals surface area contributed by atoms with Crippen LogP contribution in [0.15, 0.2) is 22.8 Å². The molecule has 0 aromatic carbocycles. The molecule has 1 aliphatic rings. The molecule has 0 N–H and O–H groups in total. The second-order valence-electron chi connectivity index (χ2n) is 1.81. The van der Waals surface area contributed by atoms with Crippen LogP contribution in [0.1, 0.15) is 6.42 Å². The minimum Gasteiger partial charge on any atom is -0.214 e. The third-order valence-electron chi connectivity index (χ3n) is 1.04. The van der Waals surface area contributed by atoms with Gasteiger partial charge < -0.3 is 0 Å². The highest BCUT2D eigenvalue weighted by atomic mass is 19.4. The molecule has 54 valence electrons. The summed E-state index contributed by atoms with van der Waals surface area (Å²) in [6.45, 7) is 0. The Morgan fingerprint density at radius 3 is 2.50 bits per heavy atom. The van der Waals surface area contributed by atoms with Crippen molar-refractivity contribution in [2.45, 2.75) is 12.6 Å². The molecule has 0 unspecified atom stereocenters. The van der Waals surface area contributed by atoms with Gasteiger partial charge in [0, 0.05) is 12.6 Å². The quantitative estimate of drug-likeness (QED) is 0.497. The number of hydrogen-bond donors (Lipinski definition) is 0. The van der Waals surface area contributed by atoms with Crippen molar-refractivity contribution in [1.82, 2.24) is 0 Å². The molecule has 0 aromatic rings. The van der Waals surface area contributed by atoms with Gasteiger partial charge in [0.2, 0.25) is 0 Å². The van der Waals surface area contributed by atoms with E-state index in [9.17, 15) is 13.2 Å². The van der Waals surface area contributed by atoms with E-state index in [0.29, 0.717) is 0 Å². The van der Waals surface area contributed by atoms with Crippen molar-refractivity contribution in [3.63, 3.8) is 0 Å². The summed E-state index contributed by atoms with van der Waals surface area (Å²) in [6.07, 6.45) is -1.74. The maximum absolute atomic E-state index is 11.7. The molecule has 0 saturated heterocycles. The highest BCUT2D eigenvalue weighted by Crippen LogP contribution is 2.26. The fourth-order valence-electron chi connectivity index (χ4n) is 0.563. The van der Waals surface area contributed by atoms with Crippen molar-refractivity contribution < 1.29 is 13.2 Å². The van der Waals surface area contributed by atoms with E-state index in [-0.39, 0.29) is 6.42 Å². The molecule has 1 nitrogen and oxygen atoms in total. The summed E-state index contributed by atoms with van der Waals surface area (Å²) in [7, 11) is 0. The number of halogens is 3. The summed E-state index contributed by atoms with van der Waals surface area (Å²) >= 11 is 0. The van der Waals surface area contributed by atoms with Crippen molar-refractivity contribution >= 4 is 5.87 Å². The largest absolute Gasteiger partial charge is 0.421 e. The first kappa shape index (κ1) is 7.09. The highest BCUT2D eigenvalue weighted by Gasteiger charge is 2.33. The molecule has 1 aliphatic heterocycles. The maximum Gasteiger partial charge on any atom is 0.421 e. The molecule has 0 amide bonds. The Balaban J connectivity index is 2.86. The minimum absolute atomic E-state index is 0.118. The van der Waals surface area contributed by atoms with Crippen LogP contribution < -0.4 is 0 Å². The molecule has 0 fully saturated rings. The summed E-state index contributed by atoms with van der Waals surface area (Å²) in [5.74, 6) is 1.89. The Hall–Kier alpha value is -1.02. The molecular weight excluding hydrogens is 143 g/mol. The normalized spacial score (nSPS) is 17.3. The molecule has 1 heterocycles. The molecule has 0 aromatic heterocycles. The van der Waals surface area contributed by atoms with E-state index in [4.69, 9.17) is 0 Å². The molecule has 0 spiro atoms. The molecular formula is C6H4F3N. The topological polar surface area (TPSA) is 12.4 Å². The van der Waals surface area contributed by atoms with Gasteiger partial charge in [-0.1, -0.05) is 6.08 Å². The first-order valence-corrected chi connectivity index (χ1v) is 2.64. The fourth-order valence-corrected chi connectivity index (χ4v) is 0.563. The van der Waals surface area contributed by atoms with Gasteiger partial charge in [0.25, 0.3) is 0 Å². The summed E-state index contributed by atoms with van der Waals surface area (Å²) in [5, 5.41) is 0. The molecule has 10 heavy (non-hydrogen) atoms. The van der Waals surface area contributed by atoms with Crippen LogP contribution in [0, 0.1) is 0 Å². The smallest absolute Gasteiger partial charge is 0.214 e. The highest BCUT2D eigenvalue weighted by molar-refractivity contribution is 5.62. The Morgan fingerprint density at radius 2 is 2.20 bits per heavy atom. The van der Waals surface area contributed by atoms with Crippen LogP contribution in [0.4, 0.5) is 13.2 Å². The number of rotatable bonds is 0. The maximum atomic E-state index is 11.7. The van der Waals surface area contributed by atoms with Gasteiger partial charge in [-0.15, -0.1) is 0 Å². The lowest BCUT2D eigenvalue weighted by molar-refractivity contribution is -0.0913. The lowest BCUT2D eigenvalue weighted by Crippen LogP contribution is -2.12. The second-order valence-corrected chi connectivity index (χ2v) is 1.81. The van der Waals surface area contributed by atoms with Gasteiger partial charge in [-0.2, -0.15) is 13.2 Å². The van der Waals surface area contributed by atoms with Crippen LogP contribution >= 0.6 is 0 Å². The van der Waals surface area contributed by atoms with Crippen LogP contribution in [0.5, 0.6) is 0 Å². The second kappa shape index (κ2) is 2.31. The zero-order valence-corrected chi connectivity index (χ0v) is 4.94. The number of allylic oxidation sites excluding steroid dienone is 2. The van der Waals surface area contributed by atoms with Crippen molar-refractivity contribution in [2.75, 3.05) is 0 Å². The summed E-state index contributed by atoms with van der Waals surface area (Å²) in [5.41, 5.74) is -0.713. The molecule has 1 rings (SSSR count). The zero-order chi connectivity index (χ0) is 7.61. The lowest BCUT2D eigenvalue weighted by Gasteiger charge is -2.06. The third kappa shape index (κ3) is 1.48. The van der Waals surface area contributed by atoms with Crippen molar-refractivity contribution in [3.8, 4) is 0 Å². The van der Waals surface area contributed by atoms with E-state index in [2.05, 4.69) is 4.99 Å². The number of aliphatic imine (C=N–C) groups is 1. The van der Waals surface area contributed by atoms with Crippen LogP contribution in [-0.4, -0.2) is 12.0 Å². The van der Waals surface area contributed by atoms with Crippen LogP contribution in [-0.2, 0) is 0 Å². The SMILES string of the molecule is FC(F)(F)C1=C=NC=CC1. The summed E-state index contributed by atoms with van der Waals surface area (Å²) < 4.78 is 35.2. The van der Waals surface area contributed by atoms with Crippen LogP contribution in [0.2, 0.25) is 0 Å². The Bertz CT molecular complexity index is 218. The first-order valence-electron chi connectivity index (χ1n) is 2.64.